The highest BCUT2D eigenvalue weighted by molar-refractivity contribution is 5.95. The van der Waals surface area contributed by atoms with Gasteiger partial charge in [-0.1, -0.05) is 18.2 Å². The Morgan fingerprint density at radius 2 is 1.93 bits per heavy atom. The molecule has 8 heteroatoms. The summed E-state index contributed by atoms with van der Waals surface area (Å²) in [6, 6.07) is 11.9. The molecular weight excluding hydrogens is 389 g/mol. The lowest BCUT2D eigenvalue weighted by molar-refractivity contribution is -0.142. The Hall–Kier alpha value is -3.13. The SMILES string of the molecule is Cc1ccc(NC(=O)CN2C[C@H](C(=O)N3CCOCC3)Oc3ccccc32)c(F)c1. The van der Waals surface area contributed by atoms with E-state index in [0.717, 1.165) is 11.3 Å². The van der Waals surface area contributed by atoms with Crippen LogP contribution in [0.4, 0.5) is 15.8 Å². The quantitative estimate of drug-likeness (QED) is 0.832. The van der Waals surface area contributed by atoms with Crippen molar-refractivity contribution in [3.05, 3.63) is 53.8 Å². The van der Waals surface area contributed by atoms with Gasteiger partial charge in [-0.15, -0.1) is 0 Å². The zero-order chi connectivity index (χ0) is 21.1. The van der Waals surface area contributed by atoms with E-state index in [1.807, 2.05) is 18.2 Å². The van der Waals surface area contributed by atoms with Crippen LogP contribution in [-0.4, -0.2) is 62.2 Å². The van der Waals surface area contributed by atoms with Gasteiger partial charge in [-0.25, -0.2) is 4.39 Å². The average molecular weight is 413 g/mol. The first-order valence-electron chi connectivity index (χ1n) is 9.94. The third-order valence-corrected chi connectivity index (χ3v) is 5.19. The second-order valence-corrected chi connectivity index (χ2v) is 7.42. The first kappa shape index (κ1) is 20.2. The van der Waals surface area contributed by atoms with Gasteiger partial charge in [0.15, 0.2) is 6.10 Å². The van der Waals surface area contributed by atoms with Crippen LogP contribution in [-0.2, 0) is 14.3 Å². The number of para-hydroxylation sites is 2. The Morgan fingerprint density at radius 1 is 1.17 bits per heavy atom. The van der Waals surface area contributed by atoms with E-state index in [-0.39, 0.29) is 30.6 Å². The number of morpholine rings is 1. The molecule has 30 heavy (non-hydrogen) atoms. The van der Waals surface area contributed by atoms with Crippen LogP contribution in [0.25, 0.3) is 0 Å². The number of anilines is 2. The van der Waals surface area contributed by atoms with Crippen LogP contribution in [0.15, 0.2) is 42.5 Å². The van der Waals surface area contributed by atoms with Crippen LogP contribution >= 0.6 is 0 Å². The van der Waals surface area contributed by atoms with Crippen LogP contribution in [0.1, 0.15) is 5.56 Å². The van der Waals surface area contributed by atoms with E-state index in [1.165, 1.54) is 6.07 Å². The van der Waals surface area contributed by atoms with E-state index in [4.69, 9.17) is 9.47 Å². The second kappa shape index (κ2) is 8.71. The highest BCUT2D eigenvalue weighted by atomic mass is 19.1. The Labute approximate surface area is 174 Å². The molecule has 1 N–H and O–H groups in total. The predicted molar refractivity (Wildman–Crippen MR) is 110 cm³/mol. The molecule has 2 aromatic carbocycles. The van der Waals surface area contributed by atoms with E-state index in [0.29, 0.717) is 32.1 Å². The standard InChI is InChI=1S/C22H24FN3O4/c1-15-6-7-17(16(23)12-15)24-21(27)14-26-13-20(22(28)25-8-10-29-11-9-25)30-19-5-3-2-4-18(19)26/h2-7,12,20H,8-11,13-14H2,1H3,(H,24,27)/t20-/m1/s1. The fourth-order valence-electron chi connectivity index (χ4n) is 3.66. The van der Waals surface area contributed by atoms with Gasteiger partial charge >= 0.3 is 0 Å². The molecule has 1 fully saturated rings. The summed E-state index contributed by atoms with van der Waals surface area (Å²) >= 11 is 0. The maximum atomic E-state index is 14.1. The lowest BCUT2D eigenvalue weighted by atomic mass is 10.1. The maximum absolute atomic E-state index is 14.1. The minimum atomic E-state index is -0.720. The molecule has 2 aromatic rings. The van der Waals surface area contributed by atoms with Gasteiger partial charge < -0.3 is 24.6 Å². The Kier molecular flexibility index (Phi) is 5.85. The molecule has 0 saturated carbocycles. The molecule has 4 rings (SSSR count). The van der Waals surface area contributed by atoms with Crippen molar-refractivity contribution >= 4 is 23.2 Å². The number of amides is 2. The largest absolute Gasteiger partial charge is 0.477 e. The molecule has 7 nitrogen and oxygen atoms in total. The Balaban J connectivity index is 1.49. The fraction of sp³-hybridized carbons (Fsp3) is 0.364. The van der Waals surface area contributed by atoms with Gasteiger partial charge in [-0.2, -0.15) is 0 Å². The lowest BCUT2D eigenvalue weighted by Gasteiger charge is -2.38. The normalized spacial score (nSPS) is 18.4. The molecule has 1 atom stereocenters. The third kappa shape index (κ3) is 4.38. The minimum Gasteiger partial charge on any atom is -0.477 e. The number of carbonyl (C=O) groups excluding carboxylic acids is 2. The van der Waals surface area contributed by atoms with Crippen molar-refractivity contribution in [2.45, 2.75) is 13.0 Å². The average Bonchev–Trinajstić information content (AvgIpc) is 2.75. The van der Waals surface area contributed by atoms with Gasteiger partial charge in [-0.05, 0) is 36.8 Å². The van der Waals surface area contributed by atoms with Gasteiger partial charge in [0.2, 0.25) is 5.91 Å². The maximum Gasteiger partial charge on any atom is 0.265 e. The highest BCUT2D eigenvalue weighted by Crippen LogP contribution is 2.33. The van der Waals surface area contributed by atoms with Gasteiger partial charge in [0, 0.05) is 13.1 Å². The number of carbonyl (C=O) groups is 2. The van der Waals surface area contributed by atoms with Crippen molar-refractivity contribution in [1.29, 1.82) is 0 Å². The van der Waals surface area contributed by atoms with Gasteiger partial charge in [0.25, 0.3) is 5.91 Å². The van der Waals surface area contributed by atoms with Gasteiger partial charge in [0.1, 0.15) is 11.6 Å². The summed E-state index contributed by atoms with van der Waals surface area (Å²) in [7, 11) is 0. The van der Waals surface area contributed by atoms with Crippen LogP contribution in [0.5, 0.6) is 5.75 Å². The molecule has 2 aliphatic heterocycles. The van der Waals surface area contributed by atoms with Crippen molar-refractivity contribution in [3.8, 4) is 5.75 Å². The number of rotatable bonds is 4. The van der Waals surface area contributed by atoms with E-state index in [2.05, 4.69) is 5.32 Å². The number of nitrogens with zero attached hydrogens (tertiary/aromatic N) is 2. The number of hydrogen-bond acceptors (Lipinski definition) is 5. The first-order chi connectivity index (χ1) is 14.5. The van der Waals surface area contributed by atoms with Gasteiger partial charge in [0.05, 0.1) is 37.7 Å². The molecule has 2 heterocycles. The predicted octanol–water partition coefficient (Wildman–Crippen LogP) is 2.20. The number of halogens is 1. The highest BCUT2D eigenvalue weighted by Gasteiger charge is 2.34. The van der Waals surface area contributed by atoms with Crippen LogP contribution in [0.2, 0.25) is 0 Å². The zero-order valence-corrected chi connectivity index (χ0v) is 16.8. The van der Waals surface area contributed by atoms with Crippen molar-refractivity contribution in [2.75, 3.05) is 49.6 Å². The fourth-order valence-corrected chi connectivity index (χ4v) is 3.66. The molecule has 0 spiro atoms. The first-order valence-corrected chi connectivity index (χ1v) is 9.94. The molecular formula is C22H24FN3O4. The minimum absolute atomic E-state index is 0.0272. The number of benzene rings is 2. The number of hydrogen-bond donors (Lipinski definition) is 1. The summed E-state index contributed by atoms with van der Waals surface area (Å²) in [5.74, 6) is -0.425. The van der Waals surface area contributed by atoms with Crippen molar-refractivity contribution < 1.29 is 23.5 Å². The van der Waals surface area contributed by atoms with E-state index < -0.39 is 11.9 Å². The van der Waals surface area contributed by atoms with E-state index in [9.17, 15) is 14.0 Å². The summed E-state index contributed by atoms with van der Waals surface area (Å²) < 4.78 is 25.3. The van der Waals surface area contributed by atoms with Crippen LogP contribution in [0.3, 0.4) is 0 Å². The summed E-state index contributed by atoms with van der Waals surface area (Å²) in [6.07, 6.45) is -0.720. The van der Waals surface area contributed by atoms with Crippen molar-refractivity contribution in [3.63, 3.8) is 0 Å². The molecule has 158 valence electrons. The second-order valence-electron chi connectivity index (χ2n) is 7.42. The summed E-state index contributed by atoms with van der Waals surface area (Å²) in [5.41, 5.74) is 1.63. The molecule has 0 bridgehead atoms. The number of aryl methyl sites for hydroxylation is 1. The molecule has 0 unspecified atom stereocenters. The number of fused-ring (bicyclic) bond motifs is 1. The zero-order valence-electron chi connectivity index (χ0n) is 16.8. The molecule has 1 saturated heterocycles. The summed E-state index contributed by atoms with van der Waals surface area (Å²) in [6.45, 7) is 4.04. The van der Waals surface area contributed by atoms with E-state index in [1.54, 1.807) is 34.9 Å². The topological polar surface area (TPSA) is 71.1 Å². The molecule has 2 aliphatic rings. The van der Waals surface area contributed by atoms with Crippen LogP contribution < -0.4 is 15.0 Å². The lowest BCUT2D eigenvalue weighted by Crippen LogP contribution is -2.53. The van der Waals surface area contributed by atoms with Crippen molar-refractivity contribution in [1.82, 2.24) is 4.90 Å². The number of nitrogens with one attached hydrogen (secondary N) is 1. The molecule has 2 amide bonds. The van der Waals surface area contributed by atoms with Gasteiger partial charge in [-0.3, -0.25) is 9.59 Å². The number of ether oxygens (including phenoxy) is 2. The van der Waals surface area contributed by atoms with Crippen LogP contribution in [0, 0.1) is 12.7 Å². The molecule has 0 aliphatic carbocycles. The smallest absolute Gasteiger partial charge is 0.265 e. The summed E-state index contributed by atoms with van der Waals surface area (Å²) in [5, 5.41) is 2.61. The summed E-state index contributed by atoms with van der Waals surface area (Å²) in [4.78, 5) is 29.1. The van der Waals surface area contributed by atoms with Crippen molar-refractivity contribution in [2.24, 2.45) is 0 Å². The van der Waals surface area contributed by atoms with E-state index >= 15 is 0 Å². The molecule has 0 aromatic heterocycles. The monoisotopic (exact) mass is 413 g/mol. The Bertz CT molecular complexity index is 946. The third-order valence-electron chi connectivity index (χ3n) is 5.19. The molecule has 0 radical (unpaired) electrons. The Morgan fingerprint density at radius 3 is 2.70 bits per heavy atom.